The number of hydrogen-bond donors (Lipinski definition) is 3. The summed E-state index contributed by atoms with van der Waals surface area (Å²) in [6.07, 6.45) is 4.31. The van der Waals surface area contributed by atoms with Crippen LogP contribution in [0.5, 0.6) is 0 Å². The van der Waals surface area contributed by atoms with Crippen molar-refractivity contribution in [3.8, 4) is 12.3 Å². The van der Waals surface area contributed by atoms with Crippen LogP contribution in [0.4, 0.5) is 26.5 Å². The lowest BCUT2D eigenvalue weighted by molar-refractivity contribution is -0.342. The van der Waals surface area contributed by atoms with Gasteiger partial charge in [-0.05, 0) is 23.8 Å². The fraction of sp³-hybridized carbons (Fsp3) is 0.125. The highest BCUT2D eigenvalue weighted by atomic mass is 35.5. The molecule has 8 heteroatoms. The van der Waals surface area contributed by atoms with Gasteiger partial charge < -0.3 is 28.2 Å². The second kappa shape index (κ2) is 9.22. The van der Waals surface area contributed by atoms with Crippen LogP contribution in [0.1, 0.15) is 5.56 Å². The van der Waals surface area contributed by atoms with Crippen LogP contribution in [0.3, 0.4) is 0 Å². The molecule has 0 fully saturated rings. The number of hydrogen-bond acceptors (Lipinski definition) is 4. The quantitative estimate of drug-likeness (QED) is 0.605. The first-order chi connectivity index (χ1) is 11.1. The van der Waals surface area contributed by atoms with E-state index in [0.29, 0.717) is 18.1 Å². The molecule has 5 N–H and O–H groups in total. The van der Waals surface area contributed by atoms with Crippen molar-refractivity contribution in [2.75, 3.05) is 23.0 Å². The van der Waals surface area contributed by atoms with Gasteiger partial charge in [0.05, 0.1) is 6.54 Å². The molecular formula is C16H16ClFN4O2. The molecule has 1 aromatic carbocycles. The molecule has 0 radical (unpaired) electrons. The predicted molar refractivity (Wildman–Crippen MR) is 84.9 cm³/mol. The van der Waals surface area contributed by atoms with Crippen molar-refractivity contribution in [1.82, 2.24) is 0 Å². The molecule has 0 spiro atoms. The highest BCUT2D eigenvalue weighted by Gasteiger charge is 2.10. The smallest absolute Gasteiger partial charge is 0.412 e. The minimum Gasteiger partial charge on any atom is -1.00 e. The van der Waals surface area contributed by atoms with E-state index < -0.39 is 6.09 Å². The molecule has 0 aliphatic carbocycles. The Bertz CT molecular complexity index is 732. The maximum Gasteiger partial charge on any atom is 0.412 e. The molecule has 0 aliphatic rings. The van der Waals surface area contributed by atoms with E-state index >= 15 is 0 Å². The lowest BCUT2D eigenvalue weighted by Crippen LogP contribution is -3.00. The molecule has 0 atom stereocenters. The van der Waals surface area contributed by atoms with Crippen molar-refractivity contribution in [3.63, 3.8) is 0 Å². The number of carbonyl (C=O) groups is 1. The molecule has 0 saturated carbocycles. The number of nitrogens with two attached hydrogens (primary N) is 1. The van der Waals surface area contributed by atoms with Gasteiger partial charge in [-0.2, -0.15) is 0 Å². The van der Waals surface area contributed by atoms with Crippen LogP contribution < -0.4 is 33.8 Å². The summed E-state index contributed by atoms with van der Waals surface area (Å²) in [6.45, 7) is 0.375. The third kappa shape index (κ3) is 5.66. The molecule has 1 amide bonds. The van der Waals surface area contributed by atoms with Gasteiger partial charge in [-0.25, -0.2) is 14.2 Å². The molecule has 2 aromatic rings. The number of anilines is 3. The predicted octanol–water partition coefficient (Wildman–Crippen LogP) is -0.980. The number of nitrogen functional groups attached to an aromatic ring is 1. The standard InChI is InChI=1S/C16H15FN4O2.ClH/c1-2-9-23-16(22)20-13-7-8-14(21-15(13)18)19-10-11-3-5-12(17)6-4-11;/h1,3-8H,9-10H2,(H,20,22)(H3,18,19,21);1H. The molecule has 0 unspecified atom stereocenters. The van der Waals surface area contributed by atoms with Gasteiger partial charge in [-0.3, -0.25) is 5.32 Å². The van der Waals surface area contributed by atoms with E-state index in [1.807, 2.05) is 0 Å². The fourth-order valence-electron chi connectivity index (χ4n) is 1.78. The van der Waals surface area contributed by atoms with Crippen LogP contribution >= 0.6 is 0 Å². The van der Waals surface area contributed by atoms with Crippen LogP contribution in [0.2, 0.25) is 0 Å². The Morgan fingerprint density at radius 2 is 2.00 bits per heavy atom. The highest BCUT2D eigenvalue weighted by Crippen LogP contribution is 2.15. The van der Waals surface area contributed by atoms with Gasteiger partial charge in [0.25, 0.3) is 0 Å². The monoisotopic (exact) mass is 350 g/mol. The van der Waals surface area contributed by atoms with E-state index in [-0.39, 0.29) is 30.6 Å². The number of halogens is 2. The molecule has 24 heavy (non-hydrogen) atoms. The van der Waals surface area contributed by atoms with E-state index in [2.05, 4.69) is 21.5 Å². The number of amides is 1. The van der Waals surface area contributed by atoms with Crippen molar-refractivity contribution >= 4 is 23.4 Å². The first kappa shape index (κ1) is 19.1. The number of ether oxygens (including phenoxy) is 1. The summed E-state index contributed by atoms with van der Waals surface area (Å²) in [4.78, 5) is 14.3. The summed E-state index contributed by atoms with van der Waals surface area (Å²) in [5.74, 6) is 2.81. The molecule has 126 valence electrons. The molecule has 6 nitrogen and oxygen atoms in total. The summed E-state index contributed by atoms with van der Waals surface area (Å²) in [5.41, 5.74) is 7.12. The number of terminal acetylenes is 1. The second-order valence-corrected chi connectivity index (χ2v) is 4.58. The molecule has 0 bridgehead atoms. The van der Waals surface area contributed by atoms with Gasteiger partial charge in [-0.1, -0.05) is 18.1 Å². The summed E-state index contributed by atoms with van der Waals surface area (Å²) < 4.78 is 17.5. The Morgan fingerprint density at radius 3 is 2.62 bits per heavy atom. The minimum absolute atomic E-state index is 0. The van der Waals surface area contributed by atoms with Gasteiger partial charge in [0.1, 0.15) is 11.5 Å². The summed E-state index contributed by atoms with van der Waals surface area (Å²) in [6, 6.07) is 9.48. The summed E-state index contributed by atoms with van der Waals surface area (Å²) >= 11 is 0. The van der Waals surface area contributed by atoms with E-state index in [4.69, 9.17) is 16.9 Å². The average Bonchev–Trinajstić information content (AvgIpc) is 2.54. The Hall–Kier alpha value is -2.98. The minimum atomic E-state index is -0.685. The largest absolute Gasteiger partial charge is 1.00 e. The maximum atomic E-state index is 12.8. The van der Waals surface area contributed by atoms with E-state index in [9.17, 15) is 9.18 Å². The van der Waals surface area contributed by atoms with Crippen molar-refractivity contribution in [1.29, 1.82) is 0 Å². The molecule has 0 saturated heterocycles. The first-order valence-electron chi connectivity index (χ1n) is 6.76. The van der Waals surface area contributed by atoms with Gasteiger partial charge in [0, 0.05) is 6.07 Å². The maximum absolute atomic E-state index is 12.8. The lowest BCUT2D eigenvalue weighted by atomic mass is 10.2. The Labute approximate surface area is 145 Å². The van der Waals surface area contributed by atoms with Gasteiger partial charge in [0.2, 0.25) is 11.6 Å². The van der Waals surface area contributed by atoms with Crippen molar-refractivity contribution < 1.29 is 31.3 Å². The van der Waals surface area contributed by atoms with Crippen molar-refractivity contribution in [3.05, 3.63) is 47.8 Å². The highest BCUT2D eigenvalue weighted by molar-refractivity contribution is 5.87. The average molecular weight is 351 g/mol. The number of aromatic nitrogens is 1. The Kier molecular flexibility index (Phi) is 7.33. The van der Waals surface area contributed by atoms with E-state index in [0.717, 1.165) is 5.56 Å². The van der Waals surface area contributed by atoms with Crippen molar-refractivity contribution in [2.45, 2.75) is 6.54 Å². The van der Waals surface area contributed by atoms with Crippen molar-refractivity contribution in [2.24, 2.45) is 0 Å². The van der Waals surface area contributed by atoms with Crippen LogP contribution in [0.15, 0.2) is 36.4 Å². The van der Waals surface area contributed by atoms with Crippen LogP contribution in [-0.4, -0.2) is 12.7 Å². The molecule has 1 aromatic heterocycles. The van der Waals surface area contributed by atoms with E-state index in [1.54, 1.807) is 24.3 Å². The third-order valence-corrected chi connectivity index (χ3v) is 2.90. The zero-order valence-electron chi connectivity index (χ0n) is 12.6. The zero-order chi connectivity index (χ0) is 16.7. The lowest BCUT2D eigenvalue weighted by Gasteiger charge is -2.07. The third-order valence-electron chi connectivity index (χ3n) is 2.90. The van der Waals surface area contributed by atoms with E-state index in [1.165, 1.54) is 12.1 Å². The zero-order valence-corrected chi connectivity index (χ0v) is 13.4. The number of H-pyrrole nitrogens is 1. The summed E-state index contributed by atoms with van der Waals surface area (Å²) in [5, 5.41) is 5.58. The number of aromatic amines is 1. The Morgan fingerprint density at radius 1 is 1.29 bits per heavy atom. The van der Waals surface area contributed by atoms with Gasteiger partial charge >= 0.3 is 6.09 Å². The van der Waals surface area contributed by atoms with Crippen LogP contribution in [0, 0.1) is 18.2 Å². The van der Waals surface area contributed by atoms with Gasteiger partial charge in [0.15, 0.2) is 6.61 Å². The van der Waals surface area contributed by atoms with Crippen LogP contribution in [-0.2, 0) is 11.3 Å². The number of carbonyl (C=O) groups excluding carboxylic acids is 1. The normalized spacial score (nSPS) is 9.33. The molecule has 2 rings (SSSR count). The number of pyridine rings is 1. The molecular weight excluding hydrogens is 335 g/mol. The first-order valence-corrected chi connectivity index (χ1v) is 6.76. The Balaban J connectivity index is 0.00000288. The topological polar surface area (TPSA) is 90.5 Å². The molecule has 1 heterocycles. The SMILES string of the molecule is C#CCOC(=O)Nc1ccc(NCc2ccc(F)cc2)[nH+]c1N.[Cl-]. The summed E-state index contributed by atoms with van der Waals surface area (Å²) in [7, 11) is 0. The number of rotatable bonds is 5. The van der Waals surface area contributed by atoms with Crippen LogP contribution in [0.25, 0.3) is 0 Å². The number of benzene rings is 1. The fourth-order valence-corrected chi connectivity index (χ4v) is 1.78. The molecule has 0 aliphatic heterocycles. The van der Waals surface area contributed by atoms with Gasteiger partial charge in [-0.15, -0.1) is 6.42 Å². The number of nitrogens with one attached hydrogen (secondary N) is 3. The second-order valence-electron chi connectivity index (χ2n) is 4.58.